The van der Waals surface area contributed by atoms with Gasteiger partial charge in [0.1, 0.15) is 12.0 Å². The average Bonchev–Trinajstić information content (AvgIpc) is 2.16. The van der Waals surface area contributed by atoms with Crippen molar-refractivity contribution in [2.45, 2.75) is 6.17 Å². The second-order valence-electron chi connectivity index (χ2n) is 3.30. The Bertz CT molecular complexity index is 313. The van der Waals surface area contributed by atoms with Gasteiger partial charge in [-0.1, -0.05) is 0 Å². The van der Waals surface area contributed by atoms with E-state index >= 15 is 0 Å². The number of benzene rings is 1. The van der Waals surface area contributed by atoms with Gasteiger partial charge in [-0.2, -0.15) is 0 Å². The quantitative estimate of drug-likeness (QED) is 0.807. The molecule has 0 heterocycles. The summed E-state index contributed by atoms with van der Waals surface area (Å²) in [4.78, 5) is 1.73. The van der Waals surface area contributed by atoms with Crippen LogP contribution in [-0.4, -0.2) is 20.6 Å². The lowest BCUT2D eigenvalue weighted by atomic mass is 10.1. The van der Waals surface area contributed by atoms with E-state index in [0.717, 1.165) is 0 Å². The van der Waals surface area contributed by atoms with Crippen molar-refractivity contribution in [3.8, 4) is 0 Å². The summed E-state index contributed by atoms with van der Waals surface area (Å²) in [7, 11) is 3.56. The number of halogens is 2. The van der Waals surface area contributed by atoms with Crippen molar-refractivity contribution in [3.63, 3.8) is 0 Å². The summed E-state index contributed by atoms with van der Waals surface area (Å²) in [5, 5.41) is 0. The third-order valence-electron chi connectivity index (χ3n) is 2.02. The second kappa shape index (κ2) is 4.37. The fourth-order valence-corrected chi connectivity index (χ4v) is 1.31. The van der Waals surface area contributed by atoms with Crippen molar-refractivity contribution in [1.29, 1.82) is 0 Å². The van der Waals surface area contributed by atoms with E-state index in [9.17, 15) is 8.78 Å². The monoisotopic (exact) mass is 200 g/mol. The molecule has 0 spiro atoms. The standard InChI is InChI=1S/C10H14F2N2/c1-14(2)10-4-3-7(11)5-8(10)9(12)6-13/h3-5,9H,6,13H2,1-2H3. The third kappa shape index (κ3) is 2.20. The molecule has 2 nitrogen and oxygen atoms in total. The molecule has 0 aliphatic heterocycles. The van der Waals surface area contributed by atoms with Gasteiger partial charge in [0.2, 0.25) is 0 Å². The molecule has 0 bridgehead atoms. The molecule has 0 radical (unpaired) electrons. The summed E-state index contributed by atoms with van der Waals surface area (Å²) >= 11 is 0. The molecule has 0 aromatic heterocycles. The molecule has 0 amide bonds. The van der Waals surface area contributed by atoms with Crippen molar-refractivity contribution in [2.75, 3.05) is 25.5 Å². The van der Waals surface area contributed by atoms with Crippen LogP contribution < -0.4 is 10.6 Å². The van der Waals surface area contributed by atoms with E-state index in [1.54, 1.807) is 25.1 Å². The van der Waals surface area contributed by atoms with Gasteiger partial charge in [-0.15, -0.1) is 0 Å². The molecule has 1 unspecified atom stereocenters. The first-order valence-electron chi connectivity index (χ1n) is 4.37. The van der Waals surface area contributed by atoms with Gasteiger partial charge in [0.25, 0.3) is 0 Å². The van der Waals surface area contributed by atoms with Crippen molar-refractivity contribution in [3.05, 3.63) is 29.6 Å². The van der Waals surface area contributed by atoms with Gasteiger partial charge in [0.15, 0.2) is 0 Å². The molecule has 1 aromatic rings. The summed E-state index contributed by atoms with van der Waals surface area (Å²) in [6, 6.07) is 4.04. The Hall–Kier alpha value is -1.16. The Balaban J connectivity index is 3.15. The number of alkyl halides is 1. The third-order valence-corrected chi connectivity index (χ3v) is 2.02. The predicted octanol–water partition coefficient (Wildman–Crippen LogP) is 1.86. The first kappa shape index (κ1) is 10.9. The number of hydrogen-bond donors (Lipinski definition) is 1. The molecule has 2 N–H and O–H groups in total. The SMILES string of the molecule is CN(C)c1ccc(F)cc1C(F)CN. The minimum Gasteiger partial charge on any atom is -0.377 e. The Kier molecular flexibility index (Phi) is 3.41. The number of nitrogens with two attached hydrogens (primary N) is 1. The maximum Gasteiger partial charge on any atom is 0.139 e. The first-order valence-corrected chi connectivity index (χ1v) is 4.37. The van der Waals surface area contributed by atoms with Crippen LogP contribution in [0.1, 0.15) is 11.7 Å². The highest BCUT2D eigenvalue weighted by Gasteiger charge is 2.14. The summed E-state index contributed by atoms with van der Waals surface area (Å²) < 4.78 is 26.2. The smallest absolute Gasteiger partial charge is 0.139 e. The Morgan fingerprint density at radius 1 is 1.43 bits per heavy atom. The van der Waals surface area contributed by atoms with E-state index in [-0.39, 0.29) is 6.54 Å². The largest absolute Gasteiger partial charge is 0.377 e. The molecule has 78 valence electrons. The van der Waals surface area contributed by atoms with Crippen LogP contribution in [0.3, 0.4) is 0 Å². The van der Waals surface area contributed by atoms with Gasteiger partial charge in [0, 0.05) is 31.9 Å². The lowest BCUT2D eigenvalue weighted by Crippen LogP contribution is -2.15. The van der Waals surface area contributed by atoms with Crippen LogP contribution in [0.5, 0.6) is 0 Å². The molecule has 0 saturated carbocycles. The molecular formula is C10H14F2N2. The molecule has 0 aliphatic rings. The molecule has 1 aromatic carbocycles. The average molecular weight is 200 g/mol. The van der Waals surface area contributed by atoms with Crippen LogP contribution in [-0.2, 0) is 0 Å². The van der Waals surface area contributed by atoms with Gasteiger partial charge < -0.3 is 10.6 Å². The van der Waals surface area contributed by atoms with Crippen molar-refractivity contribution < 1.29 is 8.78 Å². The normalized spacial score (nSPS) is 12.6. The van der Waals surface area contributed by atoms with E-state index in [2.05, 4.69) is 0 Å². The highest BCUT2D eigenvalue weighted by atomic mass is 19.1. The topological polar surface area (TPSA) is 29.3 Å². The molecule has 14 heavy (non-hydrogen) atoms. The van der Waals surface area contributed by atoms with Gasteiger partial charge >= 0.3 is 0 Å². The number of rotatable bonds is 3. The molecule has 1 rings (SSSR count). The molecule has 0 fully saturated rings. The number of hydrogen-bond acceptors (Lipinski definition) is 2. The van der Waals surface area contributed by atoms with E-state index in [1.165, 1.54) is 12.1 Å². The summed E-state index contributed by atoms with van der Waals surface area (Å²) in [5.74, 6) is -0.443. The van der Waals surface area contributed by atoms with Crippen molar-refractivity contribution in [1.82, 2.24) is 0 Å². The van der Waals surface area contributed by atoms with Crippen LogP contribution in [0.25, 0.3) is 0 Å². The highest BCUT2D eigenvalue weighted by molar-refractivity contribution is 5.53. The first-order chi connectivity index (χ1) is 6.56. The maximum atomic E-state index is 13.3. The molecule has 0 saturated heterocycles. The Labute approximate surface area is 82.3 Å². The van der Waals surface area contributed by atoms with Crippen LogP contribution in [0.4, 0.5) is 14.5 Å². The summed E-state index contributed by atoms with van der Waals surface area (Å²) in [5.41, 5.74) is 6.17. The van der Waals surface area contributed by atoms with Crippen LogP contribution in [0, 0.1) is 5.82 Å². The van der Waals surface area contributed by atoms with E-state index in [1.807, 2.05) is 0 Å². The Morgan fingerprint density at radius 3 is 2.57 bits per heavy atom. The van der Waals surface area contributed by atoms with Gasteiger partial charge in [0.05, 0.1) is 0 Å². The fourth-order valence-electron chi connectivity index (χ4n) is 1.31. The van der Waals surface area contributed by atoms with Gasteiger partial charge in [-0.05, 0) is 18.2 Å². The fraction of sp³-hybridized carbons (Fsp3) is 0.400. The van der Waals surface area contributed by atoms with Crippen LogP contribution >= 0.6 is 0 Å². The van der Waals surface area contributed by atoms with Crippen LogP contribution in [0.15, 0.2) is 18.2 Å². The van der Waals surface area contributed by atoms with E-state index < -0.39 is 12.0 Å². The Morgan fingerprint density at radius 2 is 2.07 bits per heavy atom. The van der Waals surface area contributed by atoms with Gasteiger partial charge in [-0.25, -0.2) is 8.78 Å². The van der Waals surface area contributed by atoms with Crippen molar-refractivity contribution in [2.24, 2.45) is 5.73 Å². The minimum absolute atomic E-state index is 0.135. The molecule has 4 heteroatoms. The highest BCUT2D eigenvalue weighted by Crippen LogP contribution is 2.27. The predicted molar refractivity (Wildman–Crippen MR) is 53.6 cm³/mol. The maximum absolute atomic E-state index is 13.3. The van der Waals surface area contributed by atoms with Gasteiger partial charge in [-0.3, -0.25) is 0 Å². The molecule has 1 atom stereocenters. The molecular weight excluding hydrogens is 186 g/mol. The summed E-state index contributed by atoms with van der Waals surface area (Å²) in [6.07, 6.45) is -1.32. The zero-order chi connectivity index (χ0) is 10.7. The van der Waals surface area contributed by atoms with E-state index in [4.69, 9.17) is 5.73 Å². The molecule has 0 aliphatic carbocycles. The lowest BCUT2D eigenvalue weighted by molar-refractivity contribution is 0.352. The second-order valence-corrected chi connectivity index (χ2v) is 3.30. The van der Waals surface area contributed by atoms with E-state index in [0.29, 0.717) is 11.3 Å². The summed E-state index contributed by atoms with van der Waals surface area (Å²) in [6.45, 7) is -0.135. The minimum atomic E-state index is -1.32. The number of nitrogens with zero attached hydrogens (tertiary/aromatic N) is 1. The zero-order valence-corrected chi connectivity index (χ0v) is 8.30. The lowest BCUT2D eigenvalue weighted by Gasteiger charge is -2.19. The number of anilines is 1. The van der Waals surface area contributed by atoms with Crippen LogP contribution in [0.2, 0.25) is 0 Å². The van der Waals surface area contributed by atoms with Crippen molar-refractivity contribution >= 4 is 5.69 Å². The zero-order valence-electron chi connectivity index (χ0n) is 8.30.